The molecular formula is C62H104N2O50. The van der Waals surface area contributed by atoms with E-state index in [-0.39, 0.29) is 0 Å². The Hall–Kier alpha value is -3.43. The van der Waals surface area contributed by atoms with Crippen molar-refractivity contribution < 1.29 is 248 Å². The number of carbonyl (C=O) groups is 3. The average molecular weight is 1680 g/mol. The third-order valence-corrected chi connectivity index (χ3v) is 20.8. The Morgan fingerprint density at radius 1 is 0.325 bits per heavy atom. The molecule has 2 amide bonds. The zero-order valence-corrected chi connectivity index (χ0v) is 60.2. The van der Waals surface area contributed by atoms with Crippen LogP contribution in [0.15, 0.2) is 0 Å². The molecule has 52 heteroatoms. The fourth-order valence-electron chi connectivity index (χ4n) is 14.6. The van der Waals surface area contributed by atoms with Crippen molar-refractivity contribution in [2.45, 2.75) is 308 Å². The smallest absolute Gasteiger partial charge is 0.364 e. The van der Waals surface area contributed by atoms with Gasteiger partial charge in [0.25, 0.3) is 5.79 Å². The van der Waals surface area contributed by atoms with E-state index >= 15 is 0 Å². The first-order chi connectivity index (χ1) is 53.8. The summed E-state index contributed by atoms with van der Waals surface area (Å²) in [4.78, 5) is 37.5. The Morgan fingerprint density at radius 2 is 0.640 bits per heavy atom. The standard InChI is InChI=1S/C62H104N2O50/c1-13(74)63-25-31(84)27(80)19(7-68)98-53(25)109-48-30(83)22(10-71)101-58(40(48)93)108-47-24(12-73)103-57(38(91)35(47)88)112-51-44(17(78)5-66)106-59(105-43-15(76)3-62(97,61(95)96)114-45(43)18(79)6-67)41(94)50(51)111-60-52(113-54-26(64-14(2)75)32(85)28(81)20(8-69)99-54)49(39(92)42(104-60)16(77)4-65)110-56-37(90)34(87)46(23(11-72)102-56)107-55-36(89)33(86)29(82)21(9-70)100-55/h15-60,65-73,76-94,97H,3-12H2,1-2H3,(H,63,74)(H,64,75)(H,95,96)/t15-,16+,17+,18-,19-,20-,21-,22-,23-,24-,25-,26-,27-,28-,29+,30+,31-,32-,33+,34-,35-,36-,37-,38-,39-,40-,41+,42-,43-,44-,45-,46-,47-,48+,49+,50-,51-,52+,53+,54-,55+,56-,57+,58+,59+,60-,62-/m1/s1. The molecule has 114 heavy (non-hydrogen) atoms. The zero-order valence-electron chi connectivity index (χ0n) is 60.2. The minimum absolute atomic E-state index is 0.845. The quantitative estimate of drug-likeness (QED) is 0.0306. The normalized spacial score (nSPS) is 49.2. The lowest BCUT2D eigenvalue weighted by Gasteiger charge is -2.53. The summed E-state index contributed by atoms with van der Waals surface area (Å²) in [5.41, 5.74) is 0. The van der Waals surface area contributed by atoms with E-state index in [1.807, 2.05) is 0 Å². The Labute approximate surface area is 642 Å². The van der Waals surface area contributed by atoms with Crippen LogP contribution >= 0.6 is 0 Å². The molecule has 0 spiro atoms. The summed E-state index contributed by atoms with van der Waals surface area (Å²) in [6, 6.07) is -3.78. The molecule has 52 nitrogen and oxygen atoms in total. The van der Waals surface area contributed by atoms with E-state index < -0.39 is 372 Å². The Morgan fingerprint density at radius 3 is 1.08 bits per heavy atom. The van der Waals surface area contributed by atoms with Crippen LogP contribution in [0.2, 0.25) is 0 Å². The summed E-state index contributed by atoms with van der Waals surface area (Å²) in [5, 5.41) is 338. The summed E-state index contributed by atoms with van der Waals surface area (Å²) in [6.45, 7) is -9.37. The van der Waals surface area contributed by atoms with Gasteiger partial charge in [-0.1, -0.05) is 0 Å². The molecule has 9 aliphatic rings. The molecule has 9 fully saturated rings. The molecule has 9 saturated heterocycles. The number of hydrogen-bond donors (Lipinski definition) is 32. The number of aliphatic hydroxyl groups is 29. The maximum Gasteiger partial charge on any atom is 0.364 e. The maximum absolute atomic E-state index is 12.9. The summed E-state index contributed by atoms with van der Waals surface area (Å²) < 4.78 is 100. The van der Waals surface area contributed by atoms with Crippen LogP contribution in [-0.2, 0) is 94.9 Å². The third kappa shape index (κ3) is 20.0. The van der Waals surface area contributed by atoms with E-state index in [0.29, 0.717) is 0 Å². The van der Waals surface area contributed by atoms with Crippen molar-refractivity contribution in [2.75, 3.05) is 59.5 Å². The fraction of sp³-hybridized carbons (Fsp3) is 0.952. The van der Waals surface area contributed by atoms with Gasteiger partial charge in [0.15, 0.2) is 50.3 Å². The van der Waals surface area contributed by atoms with E-state index in [0.717, 1.165) is 13.8 Å². The Balaban J connectivity index is 1.12. The molecule has 0 aromatic carbocycles. The van der Waals surface area contributed by atoms with Crippen LogP contribution in [0, 0.1) is 0 Å². The van der Waals surface area contributed by atoms with Gasteiger partial charge < -0.3 is 244 Å². The molecule has 662 valence electrons. The van der Waals surface area contributed by atoms with E-state index in [4.69, 9.17) is 80.5 Å². The van der Waals surface area contributed by atoms with E-state index in [9.17, 15) is 168 Å². The highest BCUT2D eigenvalue weighted by Gasteiger charge is 2.64. The largest absolute Gasteiger partial charge is 0.477 e. The Kier molecular flexibility index (Phi) is 33.5. The number of amides is 2. The third-order valence-electron chi connectivity index (χ3n) is 20.8. The van der Waals surface area contributed by atoms with Gasteiger partial charge in [-0.25, -0.2) is 4.79 Å². The van der Waals surface area contributed by atoms with Crippen molar-refractivity contribution in [3.63, 3.8) is 0 Å². The predicted octanol–water partition coefficient (Wildman–Crippen LogP) is -21.8. The van der Waals surface area contributed by atoms with Crippen LogP contribution in [0.4, 0.5) is 0 Å². The average Bonchev–Trinajstić information content (AvgIpc) is 0.754. The number of carbonyl (C=O) groups excluding carboxylic acids is 2. The second-order valence-corrected chi connectivity index (χ2v) is 28.6. The summed E-state index contributed by atoms with van der Waals surface area (Å²) in [5.74, 6) is -7.44. The number of ether oxygens (including phenoxy) is 17. The molecule has 0 saturated carbocycles. The lowest BCUT2D eigenvalue weighted by Crippen LogP contribution is -2.72. The highest BCUT2D eigenvalue weighted by Crippen LogP contribution is 2.43. The molecule has 0 unspecified atom stereocenters. The topological polar surface area (TPSA) is 839 Å². The van der Waals surface area contributed by atoms with Gasteiger partial charge in [0.05, 0.1) is 65.6 Å². The van der Waals surface area contributed by atoms with Crippen molar-refractivity contribution in [1.82, 2.24) is 10.6 Å². The van der Waals surface area contributed by atoms with Crippen molar-refractivity contribution in [3.8, 4) is 0 Å². The van der Waals surface area contributed by atoms with E-state index in [1.54, 1.807) is 0 Å². The van der Waals surface area contributed by atoms with Gasteiger partial charge in [0.1, 0.15) is 226 Å². The summed E-state index contributed by atoms with van der Waals surface area (Å²) in [7, 11) is 0. The van der Waals surface area contributed by atoms with Gasteiger partial charge in [-0.05, 0) is 0 Å². The van der Waals surface area contributed by atoms with Crippen molar-refractivity contribution in [2.24, 2.45) is 0 Å². The zero-order chi connectivity index (χ0) is 84.3. The molecule has 9 aliphatic heterocycles. The minimum Gasteiger partial charge on any atom is -0.477 e. The minimum atomic E-state index is -3.39. The maximum atomic E-state index is 12.9. The van der Waals surface area contributed by atoms with Gasteiger partial charge in [-0.15, -0.1) is 0 Å². The molecule has 9 heterocycles. The number of aliphatic hydroxyl groups excluding tert-OH is 28. The van der Waals surface area contributed by atoms with E-state index in [2.05, 4.69) is 10.6 Å². The number of carboxylic acid groups (broad SMARTS) is 1. The number of carboxylic acids is 1. The lowest BCUT2D eigenvalue weighted by atomic mass is 9.91. The highest BCUT2D eigenvalue weighted by molar-refractivity contribution is 5.75. The van der Waals surface area contributed by atoms with Crippen molar-refractivity contribution in [1.29, 1.82) is 0 Å². The van der Waals surface area contributed by atoms with Gasteiger partial charge in [-0.3, -0.25) is 9.59 Å². The molecule has 0 aromatic heterocycles. The SMILES string of the molecule is CC(=O)N[C@H]1[C@H](O[C@H]2[C@@H](O)[C@@H](CO)O[C@@H](O[C@H]3[C@H](O)[C@@H](O)[C@H](O[C@H]4[C@H](O[C@H]5O[C@H]([C@@H](O)CO)[C@@H](O)[C@H](O[C@H]6O[C@H](CO)[C@@H](O[C@@H]7O[C@H](CO)[C@H](O)[C@H](O)[C@H]7O)[C@H](O)[C@H]6O)[C@@H]5O[C@H]5O[C@H](CO)[C@@H](O)[C@H](O)[C@H]5NC(C)=O)[C@H](O)[C@@H](O[C@H]5[C@@H]([C@H](O)CO)O[C@@](O)(C(=O)O)C[C@H]5O)O[C@@H]4[C@@H](O)CO)O[C@@H]3CO)[C@@H]2O)O[C@H](CO)[C@@H](O)[C@@H]1O. The van der Waals surface area contributed by atoms with Gasteiger partial charge in [0.2, 0.25) is 11.8 Å². The van der Waals surface area contributed by atoms with Gasteiger partial charge in [-0.2, -0.15) is 0 Å². The fourth-order valence-corrected chi connectivity index (χ4v) is 14.6. The number of hydrogen-bond acceptors (Lipinski definition) is 49. The second kappa shape index (κ2) is 40.5. The molecule has 0 aromatic rings. The second-order valence-electron chi connectivity index (χ2n) is 28.6. The molecular weight excluding hydrogens is 1570 g/mol. The molecule has 9 rings (SSSR count). The lowest BCUT2D eigenvalue weighted by molar-refractivity contribution is -0.423. The first-order valence-electron chi connectivity index (χ1n) is 35.9. The number of aliphatic carboxylic acids is 1. The van der Waals surface area contributed by atoms with Crippen LogP contribution < -0.4 is 10.6 Å². The van der Waals surface area contributed by atoms with Crippen LogP contribution in [0.3, 0.4) is 0 Å². The summed E-state index contributed by atoms with van der Waals surface area (Å²) >= 11 is 0. The van der Waals surface area contributed by atoms with E-state index in [1.165, 1.54) is 0 Å². The first-order valence-corrected chi connectivity index (χ1v) is 35.9. The van der Waals surface area contributed by atoms with Gasteiger partial charge >= 0.3 is 5.97 Å². The monoisotopic (exact) mass is 1680 g/mol. The van der Waals surface area contributed by atoms with Crippen LogP contribution in [-0.4, -0.2) is 518 Å². The molecule has 32 N–H and O–H groups in total. The first kappa shape index (κ1) is 94.4. The van der Waals surface area contributed by atoms with Crippen LogP contribution in [0.5, 0.6) is 0 Å². The molecule has 0 aliphatic carbocycles. The number of nitrogens with one attached hydrogen (secondary N) is 2. The molecule has 47 atom stereocenters. The number of rotatable bonds is 31. The summed E-state index contributed by atoms with van der Waals surface area (Å²) in [6.07, 6.45) is -103. The van der Waals surface area contributed by atoms with Crippen molar-refractivity contribution >= 4 is 17.8 Å². The Bertz CT molecular complexity index is 3000. The van der Waals surface area contributed by atoms with Crippen molar-refractivity contribution in [3.05, 3.63) is 0 Å². The van der Waals surface area contributed by atoms with Crippen LogP contribution in [0.1, 0.15) is 20.3 Å². The molecule has 0 bridgehead atoms. The van der Waals surface area contributed by atoms with Gasteiger partial charge in [0, 0.05) is 20.3 Å². The highest BCUT2D eigenvalue weighted by atomic mass is 16.8. The molecule has 0 radical (unpaired) electrons. The predicted molar refractivity (Wildman–Crippen MR) is 343 cm³/mol. The van der Waals surface area contributed by atoms with Crippen LogP contribution in [0.25, 0.3) is 0 Å².